The number of carbonyl (C=O) groups is 4. The molecule has 0 aromatic carbocycles. The molecule has 2 saturated heterocycles. The molecule has 2 aliphatic heterocycles. The van der Waals surface area contributed by atoms with Crippen LogP contribution < -0.4 is 0 Å². The molecule has 2 N–H and O–H groups in total. The highest BCUT2D eigenvalue weighted by Gasteiger charge is 2.37. The highest BCUT2D eigenvalue weighted by Crippen LogP contribution is 2.16. The molecular weight excluding hydrogens is 292 g/mol. The first-order chi connectivity index (χ1) is 10.4. The zero-order valence-corrected chi connectivity index (χ0v) is 12.2. The van der Waals surface area contributed by atoms with Gasteiger partial charge in [-0.1, -0.05) is 12.8 Å². The van der Waals surface area contributed by atoms with E-state index in [-0.39, 0.29) is 37.7 Å². The van der Waals surface area contributed by atoms with Crippen LogP contribution in [-0.2, 0) is 19.2 Å². The maximum absolute atomic E-state index is 11.5. The summed E-state index contributed by atoms with van der Waals surface area (Å²) in [4.78, 5) is 47.9. The standard InChI is InChI=1S/C14H20N2O6/c17-9-7-11(19)15(13(9)21)5-3-1-2-4-6-16-12(20)8-10(18)14(16)22/h9-10,17-18H,1-8H2. The van der Waals surface area contributed by atoms with Crippen LogP contribution in [0.3, 0.4) is 0 Å². The maximum atomic E-state index is 11.5. The first-order valence-electron chi connectivity index (χ1n) is 7.46. The van der Waals surface area contributed by atoms with Gasteiger partial charge in [0, 0.05) is 13.1 Å². The molecule has 2 unspecified atom stereocenters. The number of amides is 4. The molecule has 0 aromatic rings. The summed E-state index contributed by atoms with van der Waals surface area (Å²) in [6.07, 6.45) is 0.0411. The summed E-state index contributed by atoms with van der Waals surface area (Å²) in [5.41, 5.74) is 0. The van der Waals surface area contributed by atoms with Crippen molar-refractivity contribution in [2.24, 2.45) is 0 Å². The SMILES string of the molecule is O=C1CC(O)C(=O)N1CCCCCCN1C(=O)CC(O)C1=O. The molecule has 0 aliphatic carbocycles. The molecule has 2 fully saturated rings. The number of nitrogens with zero attached hydrogens (tertiary/aromatic N) is 2. The summed E-state index contributed by atoms with van der Waals surface area (Å²) in [5.74, 6) is -1.76. The van der Waals surface area contributed by atoms with Crippen molar-refractivity contribution < 1.29 is 29.4 Å². The molecule has 0 spiro atoms. The van der Waals surface area contributed by atoms with Crippen LogP contribution in [-0.4, -0.2) is 68.9 Å². The predicted octanol–water partition coefficient (Wildman–Crippen LogP) is -1.21. The molecule has 22 heavy (non-hydrogen) atoms. The molecule has 4 amide bonds. The van der Waals surface area contributed by atoms with Crippen molar-refractivity contribution >= 4 is 23.6 Å². The number of imide groups is 2. The minimum atomic E-state index is -1.20. The molecular formula is C14H20N2O6. The summed E-state index contributed by atoms with van der Waals surface area (Å²) < 4.78 is 0. The molecule has 8 nitrogen and oxygen atoms in total. The van der Waals surface area contributed by atoms with Crippen LogP contribution in [0.5, 0.6) is 0 Å². The van der Waals surface area contributed by atoms with Crippen molar-refractivity contribution in [1.82, 2.24) is 9.80 Å². The van der Waals surface area contributed by atoms with Gasteiger partial charge in [0.25, 0.3) is 11.8 Å². The lowest BCUT2D eigenvalue weighted by Gasteiger charge is -2.15. The summed E-state index contributed by atoms with van der Waals surface area (Å²) in [5, 5.41) is 18.5. The average Bonchev–Trinajstić information content (AvgIpc) is 2.84. The van der Waals surface area contributed by atoms with E-state index in [0.717, 1.165) is 22.6 Å². The number of likely N-dealkylation sites (tertiary alicyclic amines) is 2. The Bertz CT molecular complexity index is 448. The quantitative estimate of drug-likeness (QED) is 0.450. The van der Waals surface area contributed by atoms with Gasteiger partial charge >= 0.3 is 0 Å². The Morgan fingerprint density at radius 2 is 1.09 bits per heavy atom. The van der Waals surface area contributed by atoms with E-state index in [9.17, 15) is 29.4 Å². The van der Waals surface area contributed by atoms with Crippen LogP contribution >= 0.6 is 0 Å². The number of unbranched alkanes of at least 4 members (excludes halogenated alkanes) is 3. The molecule has 0 aromatic heterocycles. The minimum Gasteiger partial charge on any atom is -0.383 e. The maximum Gasteiger partial charge on any atom is 0.258 e. The summed E-state index contributed by atoms with van der Waals surface area (Å²) in [6.45, 7) is 0.573. The van der Waals surface area contributed by atoms with Crippen LogP contribution in [0.4, 0.5) is 0 Å². The highest BCUT2D eigenvalue weighted by molar-refractivity contribution is 6.05. The fourth-order valence-corrected chi connectivity index (χ4v) is 2.69. The molecule has 122 valence electrons. The Hall–Kier alpha value is -1.80. The van der Waals surface area contributed by atoms with Crippen LogP contribution in [0.2, 0.25) is 0 Å². The largest absolute Gasteiger partial charge is 0.383 e. The van der Waals surface area contributed by atoms with Gasteiger partial charge in [-0.15, -0.1) is 0 Å². The van der Waals surface area contributed by atoms with Crippen LogP contribution in [0, 0.1) is 0 Å². The van der Waals surface area contributed by atoms with E-state index in [1.807, 2.05) is 0 Å². The fourth-order valence-electron chi connectivity index (χ4n) is 2.69. The summed E-state index contributed by atoms with van der Waals surface area (Å²) in [6, 6.07) is 0. The Morgan fingerprint density at radius 3 is 1.36 bits per heavy atom. The third kappa shape index (κ3) is 3.50. The fraction of sp³-hybridized carbons (Fsp3) is 0.714. The van der Waals surface area contributed by atoms with Crippen LogP contribution in [0.1, 0.15) is 38.5 Å². The number of aliphatic hydroxyl groups is 2. The second kappa shape index (κ2) is 6.97. The molecule has 2 heterocycles. The Kier molecular flexibility index (Phi) is 5.25. The minimum absolute atomic E-state index is 0.139. The molecule has 2 rings (SSSR count). The normalized spacial score (nSPS) is 25.7. The third-order valence-electron chi connectivity index (χ3n) is 3.95. The second-order valence-corrected chi connectivity index (χ2v) is 5.62. The van der Waals surface area contributed by atoms with E-state index in [2.05, 4.69) is 0 Å². The van der Waals surface area contributed by atoms with E-state index in [0.29, 0.717) is 12.8 Å². The average molecular weight is 312 g/mol. The van der Waals surface area contributed by atoms with Gasteiger partial charge in [-0.05, 0) is 12.8 Å². The van der Waals surface area contributed by atoms with Crippen molar-refractivity contribution in [2.45, 2.75) is 50.7 Å². The molecule has 0 radical (unpaired) electrons. The van der Waals surface area contributed by atoms with Crippen LogP contribution in [0.25, 0.3) is 0 Å². The van der Waals surface area contributed by atoms with E-state index >= 15 is 0 Å². The second-order valence-electron chi connectivity index (χ2n) is 5.62. The van der Waals surface area contributed by atoms with Gasteiger partial charge in [0.2, 0.25) is 11.8 Å². The predicted molar refractivity (Wildman–Crippen MR) is 73.2 cm³/mol. The lowest BCUT2D eigenvalue weighted by molar-refractivity contribution is -0.142. The smallest absolute Gasteiger partial charge is 0.258 e. The number of rotatable bonds is 7. The Morgan fingerprint density at radius 1 is 0.727 bits per heavy atom. The van der Waals surface area contributed by atoms with E-state index in [4.69, 9.17) is 0 Å². The van der Waals surface area contributed by atoms with E-state index in [1.165, 1.54) is 0 Å². The van der Waals surface area contributed by atoms with Gasteiger partial charge in [0.1, 0.15) is 12.2 Å². The Balaban J connectivity index is 1.60. The topological polar surface area (TPSA) is 115 Å². The molecule has 2 atom stereocenters. The zero-order chi connectivity index (χ0) is 16.3. The van der Waals surface area contributed by atoms with Gasteiger partial charge in [-0.25, -0.2) is 0 Å². The zero-order valence-electron chi connectivity index (χ0n) is 12.2. The lowest BCUT2D eigenvalue weighted by Crippen LogP contribution is -2.33. The van der Waals surface area contributed by atoms with E-state index in [1.54, 1.807) is 0 Å². The first kappa shape index (κ1) is 16.6. The highest BCUT2D eigenvalue weighted by atomic mass is 16.3. The van der Waals surface area contributed by atoms with Crippen molar-refractivity contribution in [2.75, 3.05) is 13.1 Å². The number of hydrogen-bond acceptors (Lipinski definition) is 6. The van der Waals surface area contributed by atoms with Crippen molar-refractivity contribution in [1.29, 1.82) is 0 Å². The molecule has 8 heteroatoms. The first-order valence-corrected chi connectivity index (χ1v) is 7.46. The van der Waals surface area contributed by atoms with Gasteiger partial charge in [0.15, 0.2) is 0 Å². The molecule has 0 bridgehead atoms. The van der Waals surface area contributed by atoms with Gasteiger partial charge in [-0.2, -0.15) is 0 Å². The van der Waals surface area contributed by atoms with E-state index < -0.39 is 24.0 Å². The monoisotopic (exact) mass is 312 g/mol. The van der Waals surface area contributed by atoms with Gasteiger partial charge in [0.05, 0.1) is 12.8 Å². The number of hydrogen-bond donors (Lipinski definition) is 2. The lowest BCUT2D eigenvalue weighted by atomic mass is 10.2. The van der Waals surface area contributed by atoms with Crippen LogP contribution in [0.15, 0.2) is 0 Å². The Labute approximate surface area is 127 Å². The van der Waals surface area contributed by atoms with Gasteiger partial charge in [-0.3, -0.25) is 29.0 Å². The van der Waals surface area contributed by atoms with Crippen molar-refractivity contribution in [3.05, 3.63) is 0 Å². The summed E-state index contributed by atoms with van der Waals surface area (Å²) >= 11 is 0. The number of carbonyl (C=O) groups excluding carboxylic acids is 4. The van der Waals surface area contributed by atoms with Gasteiger partial charge < -0.3 is 10.2 Å². The third-order valence-corrected chi connectivity index (χ3v) is 3.95. The molecule has 2 aliphatic rings. The summed E-state index contributed by atoms with van der Waals surface area (Å²) in [7, 11) is 0. The van der Waals surface area contributed by atoms with Crippen molar-refractivity contribution in [3.8, 4) is 0 Å². The number of aliphatic hydroxyl groups excluding tert-OH is 2. The molecule has 0 saturated carbocycles. The van der Waals surface area contributed by atoms with Crippen molar-refractivity contribution in [3.63, 3.8) is 0 Å².